The van der Waals surface area contributed by atoms with Crippen molar-refractivity contribution < 1.29 is 0 Å². The van der Waals surface area contributed by atoms with Crippen molar-refractivity contribution in [1.82, 2.24) is 19.9 Å². The summed E-state index contributed by atoms with van der Waals surface area (Å²) in [6.45, 7) is 2.94. The van der Waals surface area contributed by atoms with E-state index < -0.39 is 0 Å². The van der Waals surface area contributed by atoms with Gasteiger partial charge in [0.1, 0.15) is 0 Å². The molecule has 1 saturated heterocycles. The molecule has 1 aromatic carbocycles. The smallest absolute Gasteiger partial charge is 0.229 e. The summed E-state index contributed by atoms with van der Waals surface area (Å²) in [6, 6.07) is 10.8. The number of nitrogens with one attached hydrogen (secondary N) is 1. The summed E-state index contributed by atoms with van der Waals surface area (Å²) in [5.74, 6) is 0.579. The first-order valence-electron chi connectivity index (χ1n) is 6.89. The van der Waals surface area contributed by atoms with Crippen LogP contribution in [-0.4, -0.2) is 39.0 Å². The fourth-order valence-corrected chi connectivity index (χ4v) is 2.71. The molecular formula is C14H17ClN6. The Morgan fingerprint density at radius 3 is 2.81 bits per heavy atom. The summed E-state index contributed by atoms with van der Waals surface area (Å²) in [5, 5.41) is 3.38. The van der Waals surface area contributed by atoms with Crippen molar-refractivity contribution in [3.63, 3.8) is 0 Å². The molecule has 0 radical (unpaired) electrons. The lowest BCUT2D eigenvalue weighted by atomic mass is 10.2. The average molecular weight is 305 g/mol. The van der Waals surface area contributed by atoms with Gasteiger partial charge < -0.3 is 11.1 Å². The number of nitrogens with two attached hydrogens (primary N) is 1. The second-order valence-corrected chi connectivity index (χ2v) is 5.47. The van der Waals surface area contributed by atoms with Crippen LogP contribution in [0.5, 0.6) is 0 Å². The molecule has 1 aliphatic heterocycles. The normalized spacial score (nSPS) is 18.8. The Morgan fingerprint density at radius 2 is 2.05 bits per heavy atom. The van der Waals surface area contributed by atoms with E-state index in [9.17, 15) is 0 Å². The predicted molar refractivity (Wildman–Crippen MR) is 83.0 cm³/mol. The van der Waals surface area contributed by atoms with Gasteiger partial charge in [0.25, 0.3) is 0 Å². The molecule has 0 bridgehead atoms. The zero-order chi connectivity index (χ0) is 14.7. The summed E-state index contributed by atoms with van der Waals surface area (Å²) in [4.78, 5) is 14.2. The van der Waals surface area contributed by atoms with Crippen molar-refractivity contribution in [2.45, 2.75) is 19.0 Å². The van der Waals surface area contributed by atoms with E-state index in [1.807, 2.05) is 6.07 Å². The van der Waals surface area contributed by atoms with Crippen LogP contribution in [0.2, 0.25) is 5.28 Å². The largest absolute Gasteiger partial charge is 0.368 e. The molecule has 0 saturated carbocycles. The molecule has 1 aromatic heterocycles. The number of nitrogen functional groups attached to an aromatic ring is 1. The standard InChI is InChI=1S/C14H17ClN6/c15-12-18-13(16)20-14(19-12)17-11-6-7-21(9-11)8-10-4-2-1-3-5-10/h1-5,11H,6-9H2,(H3,16,17,18,19,20). The molecule has 1 unspecified atom stereocenters. The first-order valence-corrected chi connectivity index (χ1v) is 7.27. The third-order valence-electron chi connectivity index (χ3n) is 3.48. The summed E-state index contributed by atoms with van der Waals surface area (Å²) in [7, 11) is 0. The van der Waals surface area contributed by atoms with E-state index in [4.69, 9.17) is 17.3 Å². The maximum Gasteiger partial charge on any atom is 0.229 e. The van der Waals surface area contributed by atoms with Gasteiger partial charge in [0.05, 0.1) is 0 Å². The summed E-state index contributed by atoms with van der Waals surface area (Å²) in [5.41, 5.74) is 6.89. The zero-order valence-corrected chi connectivity index (χ0v) is 12.3. The lowest BCUT2D eigenvalue weighted by Gasteiger charge is -2.16. The summed E-state index contributed by atoms with van der Waals surface area (Å²) >= 11 is 5.78. The summed E-state index contributed by atoms with van der Waals surface area (Å²) < 4.78 is 0. The lowest BCUT2D eigenvalue weighted by molar-refractivity contribution is 0.328. The number of anilines is 2. The number of hydrogen-bond acceptors (Lipinski definition) is 6. The van der Waals surface area contributed by atoms with Crippen molar-refractivity contribution in [2.75, 3.05) is 24.1 Å². The van der Waals surface area contributed by atoms with Gasteiger partial charge in [0.15, 0.2) is 0 Å². The van der Waals surface area contributed by atoms with Crippen molar-refractivity contribution in [2.24, 2.45) is 0 Å². The fraction of sp³-hybridized carbons (Fsp3) is 0.357. The van der Waals surface area contributed by atoms with E-state index in [0.29, 0.717) is 12.0 Å². The Kier molecular flexibility index (Phi) is 4.17. The minimum absolute atomic E-state index is 0.115. The van der Waals surface area contributed by atoms with Crippen LogP contribution in [0, 0.1) is 0 Å². The van der Waals surface area contributed by atoms with Crippen LogP contribution < -0.4 is 11.1 Å². The van der Waals surface area contributed by atoms with E-state index in [2.05, 4.69) is 49.4 Å². The van der Waals surface area contributed by atoms with Gasteiger partial charge in [-0.15, -0.1) is 0 Å². The topological polar surface area (TPSA) is 80.0 Å². The molecule has 7 heteroatoms. The maximum absolute atomic E-state index is 5.78. The second kappa shape index (κ2) is 6.24. The van der Waals surface area contributed by atoms with Crippen molar-refractivity contribution in [3.05, 3.63) is 41.2 Å². The first kappa shape index (κ1) is 14.0. The Hall–Kier alpha value is -1.92. The van der Waals surface area contributed by atoms with Crippen LogP contribution in [0.15, 0.2) is 30.3 Å². The van der Waals surface area contributed by atoms with E-state index in [0.717, 1.165) is 26.1 Å². The molecule has 2 aromatic rings. The molecule has 1 aliphatic rings. The number of rotatable bonds is 4. The van der Waals surface area contributed by atoms with Crippen molar-refractivity contribution >= 4 is 23.5 Å². The third kappa shape index (κ3) is 3.80. The first-order chi connectivity index (χ1) is 10.2. The van der Waals surface area contributed by atoms with Crippen LogP contribution in [0.4, 0.5) is 11.9 Å². The van der Waals surface area contributed by atoms with Crippen molar-refractivity contribution in [1.29, 1.82) is 0 Å². The van der Waals surface area contributed by atoms with Gasteiger partial charge in [-0.2, -0.15) is 15.0 Å². The third-order valence-corrected chi connectivity index (χ3v) is 3.65. The molecule has 1 fully saturated rings. The molecule has 3 N–H and O–H groups in total. The van der Waals surface area contributed by atoms with Crippen LogP contribution in [0.25, 0.3) is 0 Å². The zero-order valence-electron chi connectivity index (χ0n) is 11.5. The molecule has 1 atom stereocenters. The Balaban J connectivity index is 1.57. The highest BCUT2D eigenvalue weighted by molar-refractivity contribution is 6.28. The number of hydrogen-bond donors (Lipinski definition) is 2. The molecule has 0 aliphatic carbocycles. The van der Waals surface area contributed by atoms with Crippen LogP contribution >= 0.6 is 11.6 Å². The molecule has 0 amide bonds. The SMILES string of the molecule is Nc1nc(Cl)nc(NC2CCN(Cc3ccccc3)C2)n1. The maximum atomic E-state index is 5.78. The molecule has 21 heavy (non-hydrogen) atoms. The second-order valence-electron chi connectivity index (χ2n) is 5.14. The van der Waals surface area contributed by atoms with Crippen LogP contribution in [0.1, 0.15) is 12.0 Å². The monoisotopic (exact) mass is 304 g/mol. The molecular weight excluding hydrogens is 288 g/mol. The van der Waals surface area contributed by atoms with Crippen LogP contribution in [0.3, 0.4) is 0 Å². The van der Waals surface area contributed by atoms with Gasteiger partial charge >= 0.3 is 0 Å². The average Bonchev–Trinajstić information content (AvgIpc) is 2.86. The molecule has 6 nitrogen and oxygen atoms in total. The van der Waals surface area contributed by atoms with Gasteiger partial charge in [-0.05, 0) is 23.6 Å². The number of aromatic nitrogens is 3. The van der Waals surface area contributed by atoms with Gasteiger partial charge in [-0.3, -0.25) is 4.90 Å². The van der Waals surface area contributed by atoms with E-state index in [1.54, 1.807) is 0 Å². The molecule has 0 spiro atoms. The highest BCUT2D eigenvalue weighted by atomic mass is 35.5. The molecule has 2 heterocycles. The Morgan fingerprint density at radius 1 is 1.24 bits per heavy atom. The Bertz CT molecular complexity index is 585. The highest BCUT2D eigenvalue weighted by Crippen LogP contribution is 2.17. The van der Waals surface area contributed by atoms with E-state index in [-0.39, 0.29) is 11.2 Å². The van der Waals surface area contributed by atoms with Gasteiger partial charge in [0, 0.05) is 25.7 Å². The predicted octanol–water partition coefficient (Wildman–Crippen LogP) is 1.79. The Labute approximate surface area is 128 Å². The number of benzene rings is 1. The fourth-order valence-electron chi connectivity index (χ4n) is 2.55. The minimum atomic E-state index is 0.115. The number of halogens is 1. The number of likely N-dealkylation sites (tertiary alicyclic amines) is 1. The quantitative estimate of drug-likeness (QED) is 0.896. The number of nitrogens with zero attached hydrogens (tertiary/aromatic N) is 4. The van der Waals surface area contributed by atoms with Gasteiger partial charge in [-0.1, -0.05) is 30.3 Å². The van der Waals surface area contributed by atoms with E-state index in [1.165, 1.54) is 5.56 Å². The van der Waals surface area contributed by atoms with Crippen molar-refractivity contribution in [3.8, 4) is 0 Å². The van der Waals surface area contributed by atoms with E-state index >= 15 is 0 Å². The highest BCUT2D eigenvalue weighted by Gasteiger charge is 2.23. The van der Waals surface area contributed by atoms with Gasteiger partial charge in [0.2, 0.25) is 17.2 Å². The van der Waals surface area contributed by atoms with Crippen LogP contribution in [-0.2, 0) is 6.54 Å². The lowest BCUT2D eigenvalue weighted by Crippen LogP contribution is -2.26. The minimum Gasteiger partial charge on any atom is -0.368 e. The summed E-state index contributed by atoms with van der Waals surface area (Å²) in [6.07, 6.45) is 1.04. The molecule has 110 valence electrons. The van der Waals surface area contributed by atoms with Gasteiger partial charge in [-0.25, -0.2) is 0 Å². The molecule has 3 rings (SSSR count).